The summed E-state index contributed by atoms with van der Waals surface area (Å²) in [5, 5.41) is 4.26. The van der Waals surface area contributed by atoms with Gasteiger partial charge in [0.2, 0.25) is 0 Å². The maximum absolute atomic E-state index is 12.2. The van der Waals surface area contributed by atoms with Crippen molar-refractivity contribution in [2.24, 2.45) is 0 Å². The summed E-state index contributed by atoms with van der Waals surface area (Å²) in [6.45, 7) is 3.54. The van der Waals surface area contributed by atoms with Crippen molar-refractivity contribution in [1.82, 2.24) is 19.7 Å². The predicted molar refractivity (Wildman–Crippen MR) is 87.8 cm³/mol. The third-order valence-corrected chi connectivity index (χ3v) is 3.75. The van der Waals surface area contributed by atoms with Crippen molar-refractivity contribution in [2.45, 2.75) is 26.3 Å². The topological polar surface area (TPSA) is 72.8 Å². The van der Waals surface area contributed by atoms with Gasteiger partial charge in [0.25, 0.3) is 5.56 Å². The first kappa shape index (κ1) is 17.7. The van der Waals surface area contributed by atoms with E-state index in [2.05, 4.69) is 19.8 Å². The Morgan fingerprint density at radius 1 is 1.23 bits per heavy atom. The number of alkyl halides is 3. The lowest BCUT2D eigenvalue weighted by atomic mass is 10.1. The molecule has 1 aromatic carbocycles. The summed E-state index contributed by atoms with van der Waals surface area (Å²) in [6, 6.07) is 6.75. The number of hydrogen-bond acceptors (Lipinski definition) is 4. The third kappa shape index (κ3) is 4.11. The molecule has 2 aromatic heterocycles. The van der Waals surface area contributed by atoms with Crippen molar-refractivity contribution in [1.29, 1.82) is 0 Å². The van der Waals surface area contributed by atoms with Gasteiger partial charge in [-0.25, -0.2) is 4.98 Å². The van der Waals surface area contributed by atoms with Gasteiger partial charge in [-0.1, -0.05) is 12.1 Å². The molecule has 9 heteroatoms. The van der Waals surface area contributed by atoms with E-state index in [1.807, 2.05) is 6.92 Å². The van der Waals surface area contributed by atoms with Gasteiger partial charge in [-0.05, 0) is 31.5 Å². The number of nitrogens with one attached hydrogen (secondary N) is 1. The average Bonchev–Trinajstić information content (AvgIpc) is 3.02. The van der Waals surface area contributed by atoms with Crippen LogP contribution in [0.25, 0.3) is 11.3 Å². The van der Waals surface area contributed by atoms with E-state index in [0.29, 0.717) is 17.1 Å². The molecule has 0 unspecified atom stereocenters. The quantitative estimate of drug-likeness (QED) is 0.770. The highest BCUT2D eigenvalue weighted by atomic mass is 19.4. The van der Waals surface area contributed by atoms with E-state index in [9.17, 15) is 18.0 Å². The van der Waals surface area contributed by atoms with Crippen molar-refractivity contribution in [3.05, 3.63) is 64.5 Å². The molecule has 0 spiro atoms. The summed E-state index contributed by atoms with van der Waals surface area (Å²) in [5.41, 5.74) is 1.67. The minimum atomic E-state index is -4.72. The molecule has 0 aliphatic carbocycles. The Bertz CT molecular complexity index is 961. The fraction of sp³-hybridized carbons (Fsp3) is 0.235. The second kappa shape index (κ2) is 6.66. The van der Waals surface area contributed by atoms with Crippen LogP contribution in [0.4, 0.5) is 13.2 Å². The molecule has 0 bridgehead atoms. The first-order valence-corrected chi connectivity index (χ1v) is 7.69. The molecule has 0 aliphatic heterocycles. The molecular weight excluding hydrogens is 349 g/mol. The summed E-state index contributed by atoms with van der Waals surface area (Å²) in [4.78, 5) is 18.4. The Labute approximate surface area is 146 Å². The Balaban J connectivity index is 1.81. The van der Waals surface area contributed by atoms with Crippen LogP contribution in [0.3, 0.4) is 0 Å². The minimum Gasteiger partial charge on any atom is -0.406 e. The molecule has 2 heterocycles. The zero-order valence-corrected chi connectivity index (χ0v) is 13.9. The molecule has 136 valence electrons. The number of aryl methyl sites for hydroxylation is 1. The number of aromatic amines is 1. The van der Waals surface area contributed by atoms with Gasteiger partial charge in [-0.2, -0.15) is 5.10 Å². The largest absolute Gasteiger partial charge is 0.573 e. The lowest BCUT2D eigenvalue weighted by molar-refractivity contribution is -0.274. The Kier molecular flexibility index (Phi) is 4.54. The van der Waals surface area contributed by atoms with Gasteiger partial charge >= 0.3 is 6.36 Å². The molecule has 26 heavy (non-hydrogen) atoms. The Morgan fingerprint density at radius 2 is 1.92 bits per heavy atom. The molecule has 0 fully saturated rings. The van der Waals surface area contributed by atoms with Crippen LogP contribution in [0, 0.1) is 6.92 Å². The number of hydrogen-bond donors (Lipinski definition) is 1. The predicted octanol–water partition coefficient (Wildman–Crippen LogP) is 3.45. The van der Waals surface area contributed by atoms with Crippen LogP contribution >= 0.6 is 0 Å². The normalized spacial score (nSPS) is 12.8. The van der Waals surface area contributed by atoms with E-state index >= 15 is 0 Å². The van der Waals surface area contributed by atoms with E-state index in [1.165, 1.54) is 18.2 Å². The number of rotatable bonds is 4. The standard InChI is InChI=1S/C17H15F3N4O2/c1-10(12-3-5-14(6-4-12)26-17(18,19)20)24-9-13(8-21-24)15-7-16(25)23-11(2)22-15/h3-10H,1-2H3,(H,22,23,25)/t10-/m0/s1. The van der Waals surface area contributed by atoms with Crippen molar-refractivity contribution in [3.63, 3.8) is 0 Å². The fourth-order valence-corrected chi connectivity index (χ4v) is 2.51. The van der Waals surface area contributed by atoms with E-state index in [4.69, 9.17) is 0 Å². The highest BCUT2D eigenvalue weighted by Gasteiger charge is 2.31. The van der Waals surface area contributed by atoms with Gasteiger partial charge in [0, 0.05) is 17.8 Å². The summed E-state index contributed by atoms with van der Waals surface area (Å²) in [7, 11) is 0. The molecule has 1 atom stereocenters. The van der Waals surface area contributed by atoms with E-state index in [0.717, 1.165) is 5.56 Å². The van der Waals surface area contributed by atoms with Gasteiger partial charge < -0.3 is 9.72 Å². The number of ether oxygens (including phenoxy) is 1. The van der Waals surface area contributed by atoms with Crippen molar-refractivity contribution >= 4 is 0 Å². The molecular formula is C17H15F3N4O2. The van der Waals surface area contributed by atoms with Gasteiger partial charge in [0.05, 0.1) is 17.9 Å². The van der Waals surface area contributed by atoms with Crippen molar-refractivity contribution < 1.29 is 17.9 Å². The summed E-state index contributed by atoms with van der Waals surface area (Å²) in [5.74, 6) is 0.214. The van der Waals surface area contributed by atoms with E-state index in [1.54, 1.807) is 36.1 Å². The highest BCUT2D eigenvalue weighted by molar-refractivity contribution is 5.56. The number of nitrogens with zero attached hydrogens (tertiary/aromatic N) is 3. The number of halogens is 3. The lowest BCUT2D eigenvalue weighted by Gasteiger charge is -2.14. The van der Waals surface area contributed by atoms with E-state index in [-0.39, 0.29) is 17.4 Å². The van der Waals surface area contributed by atoms with Gasteiger partial charge in [0.1, 0.15) is 11.6 Å². The van der Waals surface area contributed by atoms with Crippen LogP contribution in [-0.2, 0) is 0 Å². The van der Waals surface area contributed by atoms with Crippen molar-refractivity contribution in [3.8, 4) is 17.0 Å². The highest BCUT2D eigenvalue weighted by Crippen LogP contribution is 2.26. The van der Waals surface area contributed by atoms with Crippen LogP contribution in [0.15, 0.2) is 47.5 Å². The summed E-state index contributed by atoms with van der Waals surface area (Å²) >= 11 is 0. The molecule has 6 nitrogen and oxygen atoms in total. The third-order valence-electron chi connectivity index (χ3n) is 3.75. The van der Waals surface area contributed by atoms with Crippen LogP contribution in [0.5, 0.6) is 5.75 Å². The Hall–Kier alpha value is -3.10. The number of benzene rings is 1. The van der Waals surface area contributed by atoms with Gasteiger partial charge in [0.15, 0.2) is 0 Å². The molecule has 0 aliphatic rings. The molecule has 0 radical (unpaired) electrons. The number of aromatic nitrogens is 4. The molecule has 3 rings (SSSR count). The molecule has 3 aromatic rings. The van der Waals surface area contributed by atoms with E-state index < -0.39 is 6.36 Å². The summed E-state index contributed by atoms with van der Waals surface area (Å²) in [6.07, 6.45) is -1.41. The molecule has 0 amide bonds. The smallest absolute Gasteiger partial charge is 0.406 e. The van der Waals surface area contributed by atoms with Crippen LogP contribution in [0.1, 0.15) is 24.4 Å². The average molecular weight is 364 g/mol. The van der Waals surface area contributed by atoms with Gasteiger partial charge in [-0.15, -0.1) is 13.2 Å². The number of H-pyrrole nitrogens is 1. The monoisotopic (exact) mass is 364 g/mol. The van der Waals surface area contributed by atoms with Crippen molar-refractivity contribution in [2.75, 3.05) is 0 Å². The lowest BCUT2D eigenvalue weighted by Crippen LogP contribution is -2.17. The molecule has 0 saturated carbocycles. The minimum absolute atomic E-state index is 0.230. The maximum Gasteiger partial charge on any atom is 0.573 e. The van der Waals surface area contributed by atoms with Crippen LogP contribution < -0.4 is 10.3 Å². The second-order valence-electron chi connectivity index (χ2n) is 5.72. The first-order chi connectivity index (χ1) is 12.2. The molecule has 1 N–H and O–H groups in total. The maximum atomic E-state index is 12.2. The van der Waals surface area contributed by atoms with Gasteiger partial charge in [-0.3, -0.25) is 9.48 Å². The van der Waals surface area contributed by atoms with Crippen LogP contribution in [-0.4, -0.2) is 26.1 Å². The first-order valence-electron chi connectivity index (χ1n) is 7.69. The molecule has 0 saturated heterocycles. The zero-order valence-electron chi connectivity index (χ0n) is 13.9. The summed E-state index contributed by atoms with van der Waals surface area (Å²) < 4.78 is 42.2. The SMILES string of the molecule is Cc1nc(-c2cnn([C@@H](C)c3ccc(OC(F)(F)F)cc3)c2)cc(=O)[nH]1. The second-order valence-corrected chi connectivity index (χ2v) is 5.72. The fourth-order valence-electron chi connectivity index (χ4n) is 2.51. The Morgan fingerprint density at radius 3 is 2.54 bits per heavy atom. The van der Waals surface area contributed by atoms with Crippen LogP contribution in [0.2, 0.25) is 0 Å². The zero-order chi connectivity index (χ0) is 18.9.